The van der Waals surface area contributed by atoms with Gasteiger partial charge in [0.1, 0.15) is 11.6 Å². The molecular formula is C15H22BrCl2FN2O. The summed E-state index contributed by atoms with van der Waals surface area (Å²) in [5.74, 6) is 0.632. The number of benzene rings is 1. The van der Waals surface area contributed by atoms with Crippen LogP contribution in [0.25, 0.3) is 0 Å². The third kappa shape index (κ3) is 4.71. The summed E-state index contributed by atoms with van der Waals surface area (Å²) in [6.45, 7) is 3.81. The maximum atomic E-state index is 13.7. The number of hydrogen-bond acceptors (Lipinski definition) is 3. The minimum absolute atomic E-state index is 0. The lowest BCUT2D eigenvalue weighted by molar-refractivity contribution is 0.157. The van der Waals surface area contributed by atoms with E-state index in [1.165, 1.54) is 25.0 Å². The van der Waals surface area contributed by atoms with E-state index in [1.807, 2.05) is 0 Å². The summed E-state index contributed by atoms with van der Waals surface area (Å²) in [6, 6.07) is 2.94. The van der Waals surface area contributed by atoms with Crippen LogP contribution in [0.15, 0.2) is 16.6 Å². The predicted octanol–water partition coefficient (Wildman–Crippen LogP) is 3.88. The predicted molar refractivity (Wildman–Crippen MR) is 94.8 cm³/mol. The van der Waals surface area contributed by atoms with Crippen molar-refractivity contribution in [3.05, 3.63) is 28.0 Å². The van der Waals surface area contributed by atoms with Crippen LogP contribution in [0.2, 0.25) is 0 Å². The molecule has 0 aromatic heterocycles. The molecule has 1 aliphatic heterocycles. The van der Waals surface area contributed by atoms with E-state index < -0.39 is 0 Å². The molecule has 2 aliphatic rings. The summed E-state index contributed by atoms with van der Waals surface area (Å²) in [6.07, 6.45) is 3.54. The second-order valence-electron chi connectivity index (χ2n) is 5.81. The smallest absolute Gasteiger partial charge is 0.134 e. The van der Waals surface area contributed by atoms with E-state index in [2.05, 4.69) is 26.1 Å². The van der Waals surface area contributed by atoms with Gasteiger partial charge in [0.25, 0.3) is 0 Å². The summed E-state index contributed by atoms with van der Waals surface area (Å²) in [5.41, 5.74) is 0.727. The summed E-state index contributed by atoms with van der Waals surface area (Å²) >= 11 is 3.25. The van der Waals surface area contributed by atoms with Gasteiger partial charge >= 0.3 is 0 Å². The average molecular weight is 416 g/mol. The summed E-state index contributed by atoms with van der Waals surface area (Å²) in [4.78, 5) is 2.37. The fourth-order valence-corrected chi connectivity index (χ4v) is 3.42. The van der Waals surface area contributed by atoms with E-state index in [9.17, 15) is 9.50 Å². The number of nitrogens with zero attached hydrogens (tertiary/aromatic N) is 1. The Balaban J connectivity index is 0.00000121. The lowest BCUT2D eigenvalue weighted by Crippen LogP contribution is -2.45. The van der Waals surface area contributed by atoms with Gasteiger partial charge in [-0.1, -0.05) is 12.8 Å². The van der Waals surface area contributed by atoms with E-state index in [0.29, 0.717) is 4.47 Å². The van der Waals surface area contributed by atoms with Crippen LogP contribution in [0.1, 0.15) is 30.9 Å². The van der Waals surface area contributed by atoms with Gasteiger partial charge in [-0.15, -0.1) is 24.8 Å². The molecule has 1 aromatic carbocycles. The summed E-state index contributed by atoms with van der Waals surface area (Å²) in [7, 11) is 0. The van der Waals surface area contributed by atoms with Gasteiger partial charge in [-0.2, -0.15) is 0 Å². The fraction of sp³-hybridized carbons (Fsp3) is 0.600. The van der Waals surface area contributed by atoms with Crippen molar-refractivity contribution in [3.8, 4) is 5.75 Å². The van der Waals surface area contributed by atoms with E-state index in [1.54, 1.807) is 0 Å². The maximum absolute atomic E-state index is 13.7. The van der Waals surface area contributed by atoms with Crippen molar-refractivity contribution in [3.63, 3.8) is 0 Å². The molecule has 2 N–H and O–H groups in total. The molecule has 3 rings (SSSR count). The molecule has 7 heteroatoms. The first-order valence-electron chi connectivity index (χ1n) is 7.28. The van der Waals surface area contributed by atoms with Crippen LogP contribution in [-0.2, 0) is 0 Å². The number of aromatic hydroxyl groups is 1. The van der Waals surface area contributed by atoms with Crippen molar-refractivity contribution in [2.75, 3.05) is 26.2 Å². The molecule has 0 amide bonds. The van der Waals surface area contributed by atoms with Crippen molar-refractivity contribution in [1.29, 1.82) is 0 Å². The number of nitrogens with one attached hydrogen (secondary N) is 1. The van der Waals surface area contributed by atoms with Crippen LogP contribution in [-0.4, -0.2) is 36.2 Å². The number of phenolic OH excluding ortho intramolecular Hbond substituents is 1. The third-order valence-electron chi connectivity index (χ3n) is 4.26. The number of halogens is 4. The molecule has 3 nitrogen and oxygen atoms in total. The van der Waals surface area contributed by atoms with Crippen LogP contribution in [0.3, 0.4) is 0 Å². The summed E-state index contributed by atoms with van der Waals surface area (Å²) in [5, 5.41) is 13.6. The fourth-order valence-electron chi connectivity index (χ4n) is 2.98. The number of phenols is 1. The lowest BCUT2D eigenvalue weighted by Gasteiger charge is -2.35. The van der Waals surface area contributed by atoms with E-state index in [-0.39, 0.29) is 42.4 Å². The Morgan fingerprint density at radius 1 is 1.27 bits per heavy atom. The monoisotopic (exact) mass is 414 g/mol. The van der Waals surface area contributed by atoms with E-state index in [4.69, 9.17) is 0 Å². The Kier molecular flexibility index (Phi) is 7.89. The zero-order valence-corrected chi connectivity index (χ0v) is 15.4. The van der Waals surface area contributed by atoms with Crippen molar-refractivity contribution in [1.82, 2.24) is 10.2 Å². The summed E-state index contributed by atoms with van der Waals surface area (Å²) < 4.78 is 14.2. The third-order valence-corrected chi connectivity index (χ3v) is 4.87. The molecule has 1 heterocycles. The minimum Gasteiger partial charge on any atom is -0.506 e. The zero-order valence-electron chi connectivity index (χ0n) is 12.2. The van der Waals surface area contributed by atoms with Gasteiger partial charge in [0.05, 0.1) is 4.47 Å². The minimum atomic E-state index is -0.291. The van der Waals surface area contributed by atoms with Gasteiger partial charge in [0.2, 0.25) is 0 Å². The highest BCUT2D eigenvalue weighted by Crippen LogP contribution is 2.44. The van der Waals surface area contributed by atoms with Gasteiger partial charge in [-0.3, -0.25) is 4.90 Å². The Morgan fingerprint density at radius 2 is 1.91 bits per heavy atom. The Hall–Kier alpha value is -0.0700. The number of piperazine rings is 1. The topological polar surface area (TPSA) is 35.5 Å². The van der Waals surface area contributed by atoms with Gasteiger partial charge in [0, 0.05) is 37.8 Å². The highest BCUT2D eigenvalue weighted by atomic mass is 79.9. The number of rotatable bonds is 4. The highest BCUT2D eigenvalue weighted by molar-refractivity contribution is 9.10. The molecule has 0 radical (unpaired) electrons. The number of hydrogen-bond donors (Lipinski definition) is 2. The van der Waals surface area contributed by atoms with Crippen molar-refractivity contribution < 1.29 is 9.50 Å². The standard InChI is InChI=1S/C15H20BrFN2O.2ClH/c16-13-9-11(17)8-12(15(13)20)14(7-10-1-2-10)19-5-3-18-4-6-19;;/h8-10,14,18,20H,1-7H2;2*1H/t14-;;/m1../s1. The molecule has 1 atom stereocenters. The van der Waals surface area contributed by atoms with Crippen LogP contribution in [0.4, 0.5) is 4.39 Å². The Bertz CT molecular complexity index is 497. The first kappa shape index (κ1) is 20.0. The van der Waals surface area contributed by atoms with Gasteiger partial charge < -0.3 is 10.4 Å². The van der Waals surface area contributed by atoms with Gasteiger partial charge in [-0.05, 0) is 40.4 Å². The molecule has 1 aromatic rings. The molecule has 0 bridgehead atoms. The Morgan fingerprint density at radius 3 is 2.50 bits per heavy atom. The Labute approximate surface area is 151 Å². The van der Waals surface area contributed by atoms with E-state index >= 15 is 0 Å². The highest BCUT2D eigenvalue weighted by Gasteiger charge is 2.32. The van der Waals surface area contributed by atoms with Crippen molar-refractivity contribution in [2.45, 2.75) is 25.3 Å². The van der Waals surface area contributed by atoms with Gasteiger partial charge in [-0.25, -0.2) is 4.39 Å². The maximum Gasteiger partial charge on any atom is 0.134 e. The van der Waals surface area contributed by atoms with Crippen molar-refractivity contribution in [2.24, 2.45) is 5.92 Å². The average Bonchev–Trinajstić information content (AvgIpc) is 3.25. The molecule has 1 saturated heterocycles. The molecule has 1 saturated carbocycles. The zero-order chi connectivity index (χ0) is 14.1. The SMILES string of the molecule is Cl.Cl.Oc1c(Br)cc(F)cc1[C@@H](CC1CC1)N1CCNCC1. The molecule has 0 spiro atoms. The van der Waals surface area contributed by atoms with Crippen LogP contribution >= 0.6 is 40.7 Å². The second-order valence-corrected chi connectivity index (χ2v) is 6.66. The quantitative estimate of drug-likeness (QED) is 0.783. The molecule has 126 valence electrons. The second kappa shape index (κ2) is 8.69. The molecule has 0 unspecified atom stereocenters. The molecular weight excluding hydrogens is 394 g/mol. The molecule has 1 aliphatic carbocycles. The molecule has 2 fully saturated rings. The van der Waals surface area contributed by atoms with Crippen LogP contribution < -0.4 is 5.32 Å². The first-order valence-corrected chi connectivity index (χ1v) is 8.07. The van der Waals surface area contributed by atoms with Crippen molar-refractivity contribution >= 4 is 40.7 Å². The van der Waals surface area contributed by atoms with Crippen LogP contribution in [0, 0.1) is 11.7 Å². The largest absolute Gasteiger partial charge is 0.506 e. The molecule has 22 heavy (non-hydrogen) atoms. The van der Waals surface area contributed by atoms with E-state index in [0.717, 1.165) is 44.1 Å². The van der Waals surface area contributed by atoms with Crippen LogP contribution in [0.5, 0.6) is 5.75 Å². The lowest BCUT2D eigenvalue weighted by atomic mass is 9.97. The normalized spacial score (nSPS) is 19.9. The van der Waals surface area contributed by atoms with Gasteiger partial charge in [0.15, 0.2) is 0 Å². The first-order chi connectivity index (χ1) is 9.65.